The molecule has 0 amide bonds. The number of hydrogen-bond acceptors (Lipinski definition) is 4. The van der Waals surface area contributed by atoms with Crippen LogP contribution in [0.15, 0.2) is 6.07 Å². The van der Waals surface area contributed by atoms with Gasteiger partial charge in [-0.15, -0.1) is 0 Å². The van der Waals surface area contributed by atoms with Gasteiger partial charge in [0.1, 0.15) is 0 Å². The minimum absolute atomic E-state index is 0. The van der Waals surface area contributed by atoms with E-state index in [-0.39, 0.29) is 17.1 Å². The number of nitrogen functional groups attached to an aromatic ring is 4. The molecular formula is C6H9FeN4-. The van der Waals surface area contributed by atoms with Crippen LogP contribution in [0.1, 0.15) is 0 Å². The largest absolute Gasteiger partial charge is 0.448 e. The van der Waals surface area contributed by atoms with Crippen LogP contribution in [0.5, 0.6) is 0 Å². The van der Waals surface area contributed by atoms with Crippen LogP contribution in [0, 0.1) is 6.07 Å². The molecular weight excluding hydrogens is 184 g/mol. The average molecular weight is 193 g/mol. The zero-order valence-corrected chi connectivity index (χ0v) is 6.84. The van der Waals surface area contributed by atoms with E-state index >= 15 is 0 Å². The van der Waals surface area contributed by atoms with E-state index in [4.69, 9.17) is 22.9 Å². The molecule has 0 unspecified atom stereocenters. The summed E-state index contributed by atoms with van der Waals surface area (Å²) in [6.45, 7) is 0. The summed E-state index contributed by atoms with van der Waals surface area (Å²) in [4.78, 5) is 0. The zero-order valence-electron chi connectivity index (χ0n) is 5.74. The van der Waals surface area contributed by atoms with E-state index in [1.807, 2.05) is 0 Å². The third-order valence-electron chi connectivity index (χ3n) is 1.27. The third-order valence-corrected chi connectivity index (χ3v) is 1.27. The van der Waals surface area contributed by atoms with E-state index in [1.165, 1.54) is 6.07 Å². The molecule has 0 radical (unpaired) electrons. The van der Waals surface area contributed by atoms with Gasteiger partial charge >= 0.3 is 0 Å². The van der Waals surface area contributed by atoms with Crippen molar-refractivity contribution in [2.24, 2.45) is 0 Å². The van der Waals surface area contributed by atoms with Crippen LogP contribution in [0.4, 0.5) is 22.7 Å². The molecule has 0 heterocycles. The predicted octanol–water partition coefficient (Wildman–Crippen LogP) is -0.187. The Morgan fingerprint density at radius 2 is 1.55 bits per heavy atom. The molecule has 1 aromatic rings. The van der Waals surface area contributed by atoms with Crippen LogP contribution < -0.4 is 22.9 Å². The molecule has 0 saturated heterocycles. The molecule has 0 aliphatic rings. The Morgan fingerprint density at radius 3 is 2.00 bits per heavy atom. The molecule has 62 valence electrons. The van der Waals surface area contributed by atoms with Gasteiger partial charge < -0.3 is 22.9 Å². The Morgan fingerprint density at radius 1 is 1.00 bits per heavy atom. The Balaban J connectivity index is 0.000001000. The number of anilines is 4. The van der Waals surface area contributed by atoms with Gasteiger partial charge in [-0.2, -0.15) is 12.1 Å². The van der Waals surface area contributed by atoms with Crippen molar-refractivity contribution in [3.63, 3.8) is 0 Å². The first-order chi connectivity index (χ1) is 4.63. The van der Waals surface area contributed by atoms with Crippen molar-refractivity contribution >= 4 is 22.7 Å². The average Bonchev–Trinajstić information content (AvgIpc) is 1.93. The van der Waals surface area contributed by atoms with Crippen LogP contribution in [0.25, 0.3) is 0 Å². The Kier molecular flexibility index (Phi) is 3.04. The summed E-state index contributed by atoms with van der Waals surface area (Å²) in [5.41, 5.74) is 23.0. The summed E-state index contributed by atoms with van der Waals surface area (Å²) in [6, 6.07) is 4.16. The molecule has 0 atom stereocenters. The fourth-order valence-electron chi connectivity index (χ4n) is 0.612. The Labute approximate surface area is 75.4 Å². The molecule has 0 aliphatic heterocycles. The van der Waals surface area contributed by atoms with Gasteiger partial charge in [0.15, 0.2) is 0 Å². The summed E-state index contributed by atoms with van der Waals surface area (Å²) in [5.74, 6) is 0. The minimum atomic E-state index is 0. The number of benzene rings is 1. The van der Waals surface area contributed by atoms with Crippen LogP contribution >= 0.6 is 0 Å². The molecule has 0 saturated carbocycles. The van der Waals surface area contributed by atoms with Gasteiger partial charge in [0.25, 0.3) is 0 Å². The molecule has 1 aromatic carbocycles. The smallest absolute Gasteiger partial charge is 0 e. The summed E-state index contributed by atoms with van der Waals surface area (Å²) in [7, 11) is 0. The summed E-state index contributed by atoms with van der Waals surface area (Å²) in [5, 5.41) is 0. The molecule has 4 nitrogen and oxygen atoms in total. The molecule has 0 bridgehead atoms. The molecule has 0 spiro atoms. The first-order valence-electron chi connectivity index (χ1n) is 2.73. The van der Waals surface area contributed by atoms with E-state index in [1.54, 1.807) is 0 Å². The molecule has 8 N–H and O–H groups in total. The molecule has 1 rings (SSSR count). The van der Waals surface area contributed by atoms with E-state index in [2.05, 4.69) is 6.07 Å². The van der Waals surface area contributed by atoms with Gasteiger partial charge in [0.05, 0.1) is 0 Å². The van der Waals surface area contributed by atoms with Gasteiger partial charge in [-0.05, 0) is 11.4 Å². The van der Waals surface area contributed by atoms with Crippen LogP contribution in [0.2, 0.25) is 0 Å². The molecule has 11 heavy (non-hydrogen) atoms. The van der Waals surface area contributed by atoms with Crippen molar-refractivity contribution in [3.05, 3.63) is 12.1 Å². The topological polar surface area (TPSA) is 104 Å². The molecule has 0 aliphatic carbocycles. The first kappa shape index (κ1) is 9.94. The predicted molar refractivity (Wildman–Crippen MR) is 42.9 cm³/mol. The maximum absolute atomic E-state index is 5.43. The number of hydrogen-bond donors (Lipinski definition) is 4. The third kappa shape index (κ3) is 1.69. The van der Waals surface area contributed by atoms with Crippen molar-refractivity contribution in [3.8, 4) is 0 Å². The Bertz CT molecular complexity index is 234. The number of nitrogens with two attached hydrogens (primary N) is 4. The Hall–Kier alpha value is -1.06. The molecule has 0 fully saturated rings. The summed E-state index contributed by atoms with van der Waals surface area (Å²) in [6.07, 6.45) is 0. The van der Waals surface area contributed by atoms with E-state index in [0.29, 0.717) is 22.7 Å². The fourth-order valence-corrected chi connectivity index (χ4v) is 0.612. The maximum atomic E-state index is 5.43. The fraction of sp³-hybridized carbons (Fsp3) is 0. The van der Waals surface area contributed by atoms with Crippen molar-refractivity contribution in [2.45, 2.75) is 0 Å². The SMILES string of the molecule is Nc1[c-]cc(N)c(N)c1N.[Fe]. The quantitative estimate of drug-likeness (QED) is 0.260. The standard InChI is InChI=1S/C6H9N4.Fe/c7-3-1-2-4(8)6(10)5(3)9;/h1H,7-10H2;/q-1;. The van der Waals surface area contributed by atoms with Gasteiger partial charge in [0.2, 0.25) is 0 Å². The van der Waals surface area contributed by atoms with Gasteiger partial charge in [-0.1, -0.05) is 11.4 Å². The zero-order chi connectivity index (χ0) is 7.72. The van der Waals surface area contributed by atoms with Gasteiger partial charge in [-0.3, -0.25) is 0 Å². The summed E-state index contributed by atoms with van der Waals surface area (Å²) < 4.78 is 0. The molecule has 0 aromatic heterocycles. The van der Waals surface area contributed by atoms with Crippen LogP contribution in [-0.2, 0) is 17.1 Å². The van der Waals surface area contributed by atoms with E-state index in [9.17, 15) is 0 Å². The van der Waals surface area contributed by atoms with Crippen molar-refractivity contribution in [1.82, 2.24) is 0 Å². The van der Waals surface area contributed by atoms with E-state index in [0.717, 1.165) is 0 Å². The van der Waals surface area contributed by atoms with Gasteiger partial charge in [-0.25, -0.2) is 0 Å². The number of rotatable bonds is 0. The van der Waals surface area contributed by atoms with Crippen molar-refractivity contribution in [2.75, 3.05) is 22.9 Å². The van der Waals surface area contributed by atoms with Crippen LogP contribution in [0.3, 0.4) is 0 Å². The minimum Gasteiger partial charge on any atom is -0.448 e. The van der Waals surface area contributed by atoms with Crippen LogP contribution in [-0.4, -0.2) is 0 Å². The first-order valence-corrected chi connectivity index (χ1v) is 2.73. The monoisotopic (exact) mass is 193 g/mol. The van der Waals surface area contributed by atoms with E-state index < -0.39 is 0 Å². The second-order valence-electron chi connectivity index (χ2n) is 1.99. The van der Waals surface area contributed by atoms with Crippen molar-refractivity contribution < 1.29 is 17.1 Å². The normalized spacial score (nSPS) is 8.73. The van der Waals surface area contributed by atoms with Crippen molar-refractivity contribution in [1.29, 1.82) is 0 Å². The summed E-state index contributed by atoms with van der Waals surface area (Å²) >= 11 is 0. The molecule has 5 heteroatoms. The second-order valence-corrected chi connectivity index (χ2v) is 1.99. The maximum Gasteiger partial charge on any atom is 0 e. The van der Waals surface area contributed by atoms with Gasteiger partial charge in [0, 0.05) is 17.1 Å². The second kappa shape index (κ2) is 3.37.